The maximum atomic E-state index is 12.5. The topological polar surface area (TPSA) is 41.5 Å². The number of benzene rings is 2. The highest BCUT2D eigenvalue weighted by Crippen LogP contribution is 2.12. The third kappa shape index (κ3) is 3.87. The van der Waals surface area contributed by atoms with Gasteiger partial charge in [-0.2, -0.15) is 4.36 Å². The summed E-state index contributed by atoms with van der Waals surface area (Å²) in [5, 5.41) is 3.18. The molecule has 3 nitrogen and oxygen atoms in total. The van der Waals surface area contributed by atoms with Crippen molar-refractivity contribution in [3.8, 4) is 0 Å². The molecule has 19 heavy (non-hydrogen) atoms. The van der Waals surface area contributed by atoms with Crippen molar-refractivity contribution >= 4 is 32.7 Å². The van der Waals surface area contributed by atoms with Crippen molar-refractivity contribution < 1.29 is 4.21 Å². The van der Waals surface area contributed by atoms with Gasteiger partial charge in [0.2, 0.25) is 5.11 Å². The van der Waals surface area contributed by atoms with Crippen molar-refractivity contribution in [2.24, 2.45) is 4.36 Å². The second-order valence-corrected chi connectivity index (χ2v) is 6.65. The fraction of sp³-hybridized carbons (Fsp3) is 0.0714. The Morgan fingerprint density at radius 2 is 1.58 bits per heavy atom. The molecule has 2 rings (SSSR count). The molecule has 0 amide bonds. The summed E-state index contributed by atoms with van der Waals surface area (Å²) in [6.45, 7) is 0. The van der Waals surface area contributed by atoms with E-state index < -0.39 is 9.73 Å². The summed E-state index contributed by atoms with van der Waals surface area (Å²) >= 11 is 5.13. The zero-order valence-corrected chi connectivity index (χ0v) is 12.1. The van der Waals surface area contributed by atoms with E-state index in [1.54, 1.807) is 18.4 Å². The number of rotatable bonds is 2. The molecule has 1 atom stereocenters. The molecule has 0 heterocycles. The van der Waals surface area contributed by atoms with Crippen molar-refractivity contribution in [1.29, 1.82) is 0 Å². The van der Waals surface area contributed by atoms with E-state index >= 15 is 0 Å². The molecule has 1 N–H and O–H groups in total. The number of anilines is 1. The van der Waals surface area contributed by atoms with Gasteiger partial charge < -0.3 is 5.32 Å². The van der Waals surface area contributed by atoms with E-state index in [9.17, 15) is 4.21 Å². The van der Waals surface area contributed by atoms with Crippen molar-refractivity contribution in [2.45, 2.75) is 4.90 Å². The minimum atomic E-state index is -2.51. The number of hydrogen-bond donors (Lipinski definition) is 1. The first-order valence-electron chi connectivity index (χ1n) is 5.71. The molecule has 0 saturated heterocycles. The third-order valence-electron chi connectivity index (χ3n) is 2.46. The Kier molecular flexibility index (Phi) is 4.29. The lowest BCUT2D eigenvalue weighted by Gasteiger charge is -2.07. The third-order valence-corrected chi connectivity index (χ3v) is 4.45. The lowest BCUT2D eigenvalue weighted by molar-refractivity contribution is 0.681. The Labute approximate surface area is 118 Å². The number of nitrogens with one attached hydrogen (secondary N) is 1. The van der Waals surface area contributed by atoms with Crippen molar-refractivity contribution in [1.82, 2.24) is 0 Å². The first-order chi connectivity index (χ1) is 9.08. The molecule has 0 aromatic heterocycles. The summed E-state index contributed by atoms with van der Waals surface area (Å²) < 4.78 is 16.6. The van der Waals surface area contributed by atoms with Crippen LogP contribution in [0.15, 0.2) is 69.9 Å². The monoisotopic (exact) mass is 290 g/mol. The summed E-state index contributed by atoms with van der Waals surface area (Å²) in [4.78, 5) is 0.673. The first kappa shape index (κ1) is 13.7. The maximum Gasteiger partial charge on any atom is 0.206 e. The average molecular weight is 290 g/mol. The quantitative estimate of drug-likeness (QED) is 0.860. The second kappa shape index (κ2) is 5.95. The Morgan fingerprint density at radius 3 is 2.16 bits per heavy atom. The zero-order chi connectivity index (χ0) is 13.7. The Morgan fingerprint density at radius 1 is 1.05 bits per heavy atom. The van der Waals surface area contributed by atoms with Gasteiger partial charge in [-0.05, 0) is 36.5 Å². The van der Waals surface area contributed by atoms with Crippen LogP contribution in [0.2, 0.25) is 0 Å². The Balaban J connectivity index is 2.21. The molecule has 2 aromatic carbocycles. The van der Waals surface area contributed by atoms with Gasteiger partial charge in [0.15, 0.2) is 0 Å². The summed E-state index contributed by atoms with van der Waals surface area (Å²) in [6.07, 6.45) is 1.58. The summed E-state index contributed by atoms with van der Waals surface area (Å²) in [5.74, 6) is 0. The Bertz CT molecular complexity index is 675. The fourth-order valence-corrected chi connectivity index (χ4v) is 3.23. The SMILES string of the molecule is CS(=O)(=NC(=S)Nc1ccccc1)c1ccccc1. The van der Waals surface area contributed by atoms with Crippen LogP contribution in [0.25, 0.3) is 0 Å². The molecule has 1 unspecified atom stereocenters. The van der Waals surface area contributed by atoms with Gasteiger partial charge in [-0.3, -0.25) is 0 Å². The highest BCUT2D eigenvalue weighted by atomic mass is 32.2. The van der Waals surface area contributed by atoms with Crippen LogP contribution >= 0.6 is 12.2 Å². The van der Waals surface area contributed by atoms with E-state index in [0.717, 1.165) is 5.69 Å². The minimum Gasteiger partial charge on any atom is -0.330 e. The molecule has 0 spiro atoms. The van der Waals surface area contributed by atoms with Gasteiger partial charge in [0, 0.05) is 16.8 Å². The van der Waals surface area contributed by atoms with Crippen LogP contribution in [0.5, 0.6) is 0 Å². The molecule has 2 aromatic rings. The summed E-state index contributed by atoms with van der Waals surface area (Å²) in [7, 11) is -2.51. The van der Waals surface area contributed by atoms with Crippen LogP contribution < -0.4 is 5.32 Å². The number of thiocarbonyl (C=S) groups is 1. The van der Waals surface area contributed by atoms with Crippen molar-refractivity contribution in [3.05, 3.63) is 60.7 Å². The molecule has 0 aliphatic rings. The van der Waals surface area contributed by atoms with Crippen LogP contribution in [-0.4, -0.2) is 15.6 Å². The lowest BCUT2D eigenvalue weighted by Crippen LogP contribution is -2.09. The van der Waals surface area contributed by atoms with Gasteiger partial charge in [-0.15, -0.1) is 0 Å². The van der Waals surface area contributed by atoms with Gasteiger partial charge in [0.05, 0.1) is 9.73 Å². The van der Waals surface area contributed by atoms with Gasteiger partial charge in [0.1, 0.15) is 0 Å². The first-order valence-corrected chi connectivity index (χ1v) is 8.04. The molecule has 0 bridgehead atoms. The van der Waals surface area contributed by atoms with Crippen LogP contribution in [0.4, 0.5) is 5.69 Å². The van der Waals surface area contributed by atoms with E-state index in [-0.39, 0.29) is 5.11 Å². The predicted molar refractivity (Wildman–Crippen MR) is 83.9 cm³/mol. The van der Waals surface area contributed by atoms with Gasteiger partial charge in [-0.25, -0.2) is 4.21 Å². The summed E-state index contributed by atoms with van der Waals surface area (Å²) in [6, 6.07) is 18.6. The molecule has 0 saturated carbocycles. The van der Waals surface area contributed by atoms with Crippen molar-refractivity contribution in [3.63, 3.8) is 0 Å². The predicted octanol–water partition coefficient (Wildman–Crippen LogP) is 3.54. The van der Waals surface area contributed by atoms with E-state index in [2.05, 4.69) is 9.68 Å². The van der Waals surface area contributed by atoms with Crippen LogP contribution in [0.3, 0.4) is 0 Å². The number of hydrogen-bond acceptors (Lipinski definition) is 2. The van der Waals surface area contributed by atoms with Crippen LogP contribution in [0.1, 0.15) is 0 Å². The lowest BCUT2D eigenvalue weighted by atomic mass is 10.3. The molecular weight excluding hydrogens is 276 g/mol. The molecule has 5 heteroatoms. The molecule has 0 aliphatic carbocycles. The van der Waals surface area contributed by atoms with E-state index in [0.29, 0.717) is 4.90 Å². The van der Waals surface area contributed by atoms with Gasteiger partial charge in [0.25, 0.3) is 0 Å². The largest absolute Gasteiger partial charge is 0.330 e. The second-order valence-electron chi connectivity index (χ2n) is 4.00. The molecular formula is C14H14N2OS2. The van der Waals surface area contributed by atoms with Crippen molar-refractivity contribution in [2.75, 3.05) is 11.6 Å². The van der Waals surface area contributed by atoms with Crippen LogP contribution in [-0.2, 0) is 9.73 Å². The molecule has 0 aliphatic heterocycles. The van der Waals surface area contributed by atoms with E-state index in [4.69, 9.17) is 12.2 Å². The maximum absolute atomic E-state index is 12.5. The highest BCUT2D eigenvalue weighted by Gasteiger charge is 2.06. The normalized spacial score (nSPS) is 13.3. The van der Waals surface area contributed by atoms with Gasteiger partial charge >= 0.3 is 0 Å². The molecule has 98 valence electrons. The number of nitrogens with zero attached hydrogens (tertiary/aromatic N) is 1. The van der Waals surface area contributed by atoms with E-state index in [1.807, 2.05) is 48.5 Å². The standard InChI is InChI=1S/C14H14N2OS2/c1-19(17,13-10-6-3-7-11-13)16-14(18)15-12-8-4-2-5-9-12/h2-11H,1H3,(H,15,18). The molecule has 0 radical (unpaired) electrons. The fourth-order valence-electron chi connectivity index (χ4n) is 1.55. The average Bonchev–Trinajstić information content (AvgIpc) is 2.40. The van der Waals surface area contributed by atoms with Crippen LogP contribution in [0, 0.1) is 0 Å². The number of para-hydroxylation sites is 1. The molecule has 0 fully saturated rings. The summed E-state index contributed by atoms with van der Waals surface area (Å²) in [5.41, 5.74) is 0.833. The minimum absolute atomic E-state index is 0.225. The smallest absolute Gasteiger partial charge is 0.206 e. The van der Waals surface area contributed by atoms with Gasteiger partial charge in [-0.1, -0.05) is 36.4 Å². The Hall–Kier alpha value is -1.72. The van der Waals surface area contributed by atoms with E-state index in [1.165, 1.54) is 0 Å². The zero-order valence-electron chi connectivity index (χ0n) is 10.4. The highest BCUT2D eigenvalue weighted by molar-refractivity contribution is 7.94.